The van der Waals surface area contributed by atoms with Gasteiger partial charge in [-0.25, -0.2) is 0 Å². The zero-order valence-corrected chi connectivity index (χ0v) is 15.5. The molecule has 8 nitrogen and oxygen atoms in total. The standard InChI is InChI=1S/C15H26N4O4S/c1-11(20)19(15(2,3)4)9-12(21)10-23-14-13(16-24-17-14)18-5-7-22-8-6-18/h12,21H,5-10H2,1-4H3/t12-/m0/s1. The lowest BCUT2D eigenvalue weighted by Gasteiger charge is -2.36. The van der Waals surface area contributed by atoms with Gasteiger partial charge in [0.25, 0.3) is 5.88 Å². The Labute approximate surface area is 146 Å². The van der Waals surface area contributed by atoms with E-state index in [4.69, 9.17) is 9.47 Å². The highest BCUT2D eigenvalue weighted by Gasteiger charge is 2.27. The van der Waals surface area contributed by atoms with E-state index in [1.54, 1.807) is 4.90 Å². The second-order valence-electron chi connectivity index (χ2n) is 6.76. The Kier molecular flexibility index (Phi) is 6.36. The van der Waals surface area contributed by atoms with Gasteiger partial charge in [0, 0.05) is 25.6 Å². The van der Waals surface area contributed by atoms with Crippen LogP contribution in [0.2, 0.25) is 0 Å². The predicted molar refractivity (Wildman–Crippen MR) is 91.6 cm³/mol. The number of aliphatic hydroxyl groups excluding tert-OH is 1. The van der Waals surface area contributed by atoms with Gasteiger partial charge in [-0.3, -0.25) is 4.79 Å². The number of morpholine rings is 1. The van der Waals surface area contributed by atoms with Gasteiger partial charge < -0.3 is 24.4 Å². The summed E-state index contributed by atoms with van der Waals surface area (Å²) in [5.41, 5.74) is -0.353. The van der Waals surface area contributed by atoms with Gasteiger partial charge in [0.05, 0.1) is 31.5 Å². The molecule has 2 heterocycles. The Morgan fingerprint density at radius 3 is 2.67 bits per heavy atom. The number of nitrogens with zero attached hydrogens (tertiary/aromatic N) is 4. The fourth-order valence-corrected chi connectivity index (χ4v) is 3.07. The number of aliphatic hydroxyl groups is 1. The molecule has 0 unspecified atom stereocenters. The van der Waals surface area contributed by atoms with Crippen LogP contribution in [0.25, 0.3) is 0 Å². The minimum absolute atomic E-state index is 0.0581. The molecule has 1 N–H and O–H groups in total. The number of ether oxygens (including phenoxy) is 2. The molecule has 1 aliphatic rings. The van der Waals surface area contributed by atoms with Crippen molar-refractivity contribution in [2.75, 3.05) is 44.4 Å². The highest BCUT2D eigenvalue weighted by Crippen LogP contribution is 2.26. The van der Waals surface area contributed by atoms with E-state index in [2.05, 4.69) is 13.6 Å². The van der Waals surface area contributed by atoms with Gasteiger partial charge in [-0.05, 0) is 20.8 Å². The minimum Gasteiger partial charge on any atom is -0.472 e. The molecule has 1 aromatic heterocycles. The molecule has 1 aliphatic heterocycles. The van der Waals surface area contributed by atoms with Gasteiger partial charge in [-0.15, -0.1) is 4.37 Å². The van der Waals surface area contributed by atoms with E-state index in [9.17, 15) is 9.90 Å². The number of carbonyl (C=O) groups excluding carboxylic acids is 1. The van der Waals surface area contributed by atoms with Crippen LogP contribution in [0, 0.1) is 0 Å². The molecule has 0 saturated carbocycles. The van der Waals surface area contributed by atoms with E-state index in [0.29, 0.717) is 24.9 Å². The largest absolute Gasteiger partial charge is 0.472 e. The molecule has 0 radical (unpaired) electrons. The third kappa shape index (κ3) is 5.02. The van der Waals surface area contributed by atoms with E-state index < -0.39 is 6.10 Å². The van der Waals surface area contributed by atoms with Crippen molar-refractivity contribution in [1.82, 2.24) is 13.6 Å². The van der Waals surface area contributed by atoms with Crippen LogP contribution in [0.3, 0.4) is 0 Å². The molecule has 0 bridgehead atoms. The molecule has 9 heteroatoms. The number of β-amino-alcohol motifs (C(OH)–C–C–N with tert-alkyl or cyclic N) is 1. The molecular formula is C15H26N4O4S. The first-order chi connectivity index (χ1) is 11.3. The average molecular weight is 358 g/mol. The van der Waals surface area contributed by atoms with Crippen LogP contribution in [-0.2, 0) is 9.53 Å². The highest BCUT2D eigenvalue weighted by atomic mass is 32.1. The molecule has 2 rings (SSSR count). The SMILES string of the molecule is CC(=O)N(C[C@H](O)COc1nsnc1N1CCOCC1)C(C)(C)C. The van der Waals surface area contributed by atoms with Crippen LogP contribution < -0.4 is 9.64 Å². The number of hydrogen-bond donors (Lipinski definition) is 1. The summed E-state index contributed by atoms with van der Waals surface area (Å²) in [5.74, 6) is 1.03. The lowest BCUT2D eigenvalue weighted by molar-refractivity contribution is -0.135. The van der Waals surface area contributed by atoms with E-state index in [1.807, 2.05) is 20.8 Å². The minimum atomic E-state index is -0.799. The van der Waals surface area contributed by atoms with E-state index in [0.717, 1.165) is 24.8 Å². The van der Waals surface area contributed by atoms with E-state index >= 15 is 0 Å². The summed E-state index contributed by atoms with van der Waals surface area (Å²) in [6.07, 6.45) is -0.799. The summed E-state index contributed by atoms with van der Waals surface area (Å²) >= 11 is 1.08. The summed E-state index contributed by atoms with van der Waals surface area (Å²) in [4.78, 5) is 15.4. The summed E-state index contributed by atoms with van der Waals surface area (Å²) in [6.45, 7) is 10.4. The van der Waals surface area contributed by atoms with Crippen LogP contribution in [0.1, 0.15) is 27.7 Å². The first-order valence-electron chi connectivity index (χ1n) is 8.03. The third-order valence-electron chi connectivity index (χ3n) is 3.75. The van der Waals surface area contributed by atoms with Crippen molar-refractivity contribution < 1.29 is 19.4 Å². The molecular weight excluding hydrogens is 332 g/mol. The summed E-state index contributed by atoms with van der Waals surface area (Å²) in [6, 6.07) is 0. The fourth-order valence-electron chi connectivity index (χ4n) is 2.55. The Balaban J connectivity index is 1.91. The van der Waals surface area contributed by atoms with Crippen molar-refractivity contribution in [2.45, 2.75) is 39.3 Å². The maximum Gasteiger partial charge on any atom is 0.270 e. The quantitative estimate of drug-likeness (QED) is 0.803. The molecule has 24 heavy (non-hydrogen) atoms. The Hall–Kier alpha value is -1.45. The average Bonchev–Trinajstić information content (AvgIpc) is 2.98. The first-order valence-corrected chi connectivity index (χ1v) is 8.76. The van der Waals surface area contributed by atoms with Crippen molar-refractivity contribution in [3.63, 3.8) is 0 Å². The Bertz CT molecular complexity index is 540. The highest BCUT2D eigenvalue weighted by molar-refractivity contribution is 6.99. The maximum absolute atomic E-state index is 11.8. The van der Waals surface area contributed by atoms with Crippen LogP contribution in [-0.4, -0.2) is 75.8 Å². The van der Waals surface area contributed by atoms with Crippen molar-refractivity contribution in [2.24, 2.45) is 0 Å². The number of carbonyl (C=O) groups is 1. The number of amides is 1. The lowest BCUT2D eigenvalue weighted by atomic mass is 10.1. The predicted octanol–water partition coefficient (Wildman–Crippen LogP) is 0.761. The first kappa shape index (κ1) is 18.9. The van der Waals surface area contributed by atoms with Crippen molar-refractivity contribution in [3.8, 4) is 5.88 Å². The lowest BCUT2D eigenvalue weighted by Crippen LogP contribution is -2.49. The Morgan fingerprint density at radius 1 is 1.42 bits per heavy atom. The number of rotatable bonds is 6. The van der Waals surface area contributed by atoms with Gasteiger partial charge >= 0.3 is 0 Å². The molecule has 0 spiro atoms. The number of anilines is 1. The molecule has 1 fully saturated rings. The molecule has 1 saturated heterocycles. The van der Waals surface area contributed by atoms with Crippen molar-refractivity contribution in [3.05, 3.63) is 0 Å². The molecule has 1 amide bonds. The van der Waals surface area contributed by atoms with Gasteiger partial charge in [0.2, 0.25) is 11.7 Å². The van der Waals surface area contributed by atoms with Gasteiger partial charge in [-0.2, -0.15) is 4.37 Å². The zero-order chi connectivity index (χ0) is 17.7. The van der Waals surface area contributed by atoms with E-state index in [1.165, 1.54) is 6.92 Å². The molecule has 1 aromatic rings. The molecule has 136 valence electrons. The van der Waals surface area contributed by atoms with Crippen LogP contribution in [0.5, 0.6) is 5.88 Å². The normalized spacial score (nSPS) is 16.8. The van der Waals surface area contributed by atoms with Gasteiger partial charge in [0.15, 0.2) is 0 Å². The van der Waals surface area contributed by atoms with Crippen molar-refractivity contribution in [1.29, 1.82) is 0 Å². The van der Waals surface area contributed by atoms with Crippen LogP contribution in [0.4, 0.5) is 5.82 Å². The summed E-state index contributed by atoms with van der Waals surface area (Å²) in [7, 11) is 0. The molecule has 1 atom stereocenters. The third-order valence-corrected chi connectivity index (χ3v) is 4.25. The maximum atomic E-state index is 11.8. The second kappa shape index (κ2) is 8.09. The number of hydrogen-bond acceptors (Lipinski definition) is 8. The summed E-state index contributed by atoms with van der Waals surface area (Å²) in [5, 5.41) is 10.2. The zero-order valence-electron chi connectivity index (χ0n) is 14.7. The van der Waals surface area contributed by atoms with Crippen molar-refractivity contribution >= 4 is 23.5 Å². The van der Waals surface area contributed by atoms with Gasteiger partial charge in [-0.1, -0.05) is 0 Å². The topological polar surface area (TPSA) is 88.0 Å². The van der Waals surface area contributed by atoms with Crippen LogP contribution in [0.15, 0.2) is 0 Å². The smallest absolute Gasteiger partial charge is 0.270 e. The fraction of sp³-hybridized carbons (Fsp3) is 0.800. The second-order valence-corrected chi connectivity index (χ2v) is 7.29. The molecule has 0 aliphatic carbocycles. The summed E-state index contributed by atoms with van der Waals surface area (Å²) < 4.78 is 19.4. The Morgan fingerprint density at radius 2 is 2.08 bits per heavy atom. The van der Waals surface area contributed by atoms with E-state index in [-0.39, 0.29) is 24.6 Å². The monoisotopic (exact) mass is 358 g/mol. The number of aromatic nitrogens is 2. The molecule has 0 aromatic carbocycles. The van der Waals surface area contributed by atoms with Gasteiger partial charge in [0.1, 0.15) is 12.7 Å². The van der Waals surface area contributed by atoms with Crippen LogP contribution >= 0.6 is 11.7 Å².